The molecule has 5 heteroatoms. The lowest BCUT2D eigenvalue weighted by Crippen LogP contribution is -2.14. The summed E-state index contributed by atoms with van der Waals surface area (Å²) in [7, 11) is 1.81. The number of benzene rings is 1. The number of carbonyl (C=O) groups is 2. The van der Waals surface area contributed by atoms with E-state index < -0.39 is 5.91 Å². The van der Waals surface area contributed by atoms with Crippen LogP contribution in [-0.2, 0) is 18.3 Å². The van der Waals surface area contributed by atoms with Crippen LogP contribution in [0, 0.1) is 0 Å². The monoisotopic (exact) mass is 340 g/mol. The van der Waals surface area contributed by atoms with Gasteiger partial charge < -0.3 is 4.57 Å². The average Bonchev–Trinajstić information content (AvgIpc) is 3.01. The predicted octanol–water partition coefficient (Wildman–Crippen LogP) is 3.53. The van der Waals surface area contributed by atoms with Gasteiger partial charge in [0.05, 0.1) is 0 Å². The highest BCUT2D eigenvalue weighted by atomic mass is 16.5. The normalized spacial score (nSPS) is 11.0. The van der Waals surface area contributed by atoms with E-state index in [9.17, 15) is 9.59 Å². The highest BCUT2D eigenvalue weighted by Crippen LogP contribution is 2.14. The first kappa shape index (κ1) is 18.7. The number of amides is 1. The highest BCUT2D eigenvalue weighted by molar-refractivity contribution is 5.97. The van der Waals surface area contributed by atoms with E-state index >= 15 is 0 Å². The Balaban J connectivity index is 1.77. The van der Waals surface area contributed by atoms with Crippen molar-refractivity contribution in [3.8, 4) is 0 Å². The maximum atomic E-state index is 12.3. The van der Waals surface area contributed by atoms with Crippen molar-refractivity contribution in [2.75, 3.05) is 0 Å². The first-order valence-corrected chi connectivity index (χ1v) is 8.46. The smallest absolute Gasteiger partial charge is 0.267 e. The number of aromatic nitrogens is 1. The number of ketones is 1. The Morgan fingerprint density at radius 1 is 1.16 bits per heavy atom. The van der Waals surface area contributed by atoms with Gasteiger partial charge in [0.25, 0.3) is 5.91 Å². The topological polar surface area (TPSA) is 71.3 Å². The van der Waals surface area contributed by atoms with Crippen molar-refractivity contribution < 1.29 is 14.8 Å². The molecule has 2 aromatic rings. The van der Waals surface area contributed by atoms with Crippen LogP contribution in [0.1, 0.15) is 47.3 Å². The molecule has 1 amide bonds. The van der Waals surface area contributed by atoms with E-state index in [1.807, 2.05) is 25.2 Å². The standard InChI is InChI=1S/C20H24N2O3/c1-22-15-17(14-18(22)12-13-20(24)21-25)19(23)11-7-3-6-10-16-8-4-2-5-9-16/h2,4-5,8-9,12-15,25H,3,6-7,10-11H2,1H3,(H,21,24)/b13-12+. The second kappa shape index (κ2) is 9.59. The van der Waals surface area contributed by atoms with E-state index in [-0.39, 0.29) is 5.78 Å². The van der Waals surface area contributed by atoms with Crippen LogP contribution < -0.4 is 5.48 Å². The minimum absolute atomic E-state index is 0.113. The number of nitrogens with zero attached hydrogens (tertiary/aromatic N) is 1. The zero-order valence-corrected chi connectivity index (χ0v) is 14.4. The van der Waals surface area contributed by atoms with E-state index in [0.717, 1.165) is 31.4 Å². The number of nitrogens with one attached hydrogen (secondary N) is 1. The van der Waals surface area contributed by atoms with Crippen LogP contribution in [0.3, 0.4) is 0 Å². The zero-order valence-electron chi connectivity index (χ0n) is 14.4. The molecule has 0 aliphatic heterocycles. The molecule has 0 radical (unpaired) electrons. The van der Waals surface area contributed by atoms with Gasteiger partial charge in [-0.15, -0.1) is 0 Å². The van der Waals surface area contributed by atoms with Crippen molar-refractivity contribution in [1.82, 2.24) is 10.0 Å². The zero-order chi connectivity index (χ0) is 18.1. The van der Waals surface area contributed by atoms with Crippen LogP contribution in [0.4, 0.5) is 0 Å². The predicted molar refractivity (Wildman–Crippen MR) is 97.3 cm³/mol. The minimum Gasteiger partial charge on any atom is -0.350 e. The second-order valence-corrected chi connectivity index (χ2v) is 6.04. The average molecular weight is 340 g/mol. The summed E-state index contributed by atoms with van der Waals surface area (Å²) < 4.78 is 1.78. The first-order chi connectivity index (χ1) is 12.1. The fraction of sp³-hybridized carbons (Fsp3) is 0.300. The molecule has 1 aromatic carbocycles. The number of hydrogen-bond acceptors (Lipinski definition) is 3. The summed E-state index contributed by atoms with van der Waals surface area (Å²) in [4.78, 5) is 23.3. The lowest BCUT2D eigenvalue weighted by molar-refractivity contribution is -0.124. The van der Waals surface area contributed by atoms with Gasteiger partial charge in [-0.1, -0.05) is 36.8 Å². The van der Waals surface area contributed by atoms with Crippen molar-refractivity contribution in [3.05, 3.63) is 65.5 Å². The minimum atomic E-state index is -0.604. The van der Waals surface area contributed by atoms with Crippen LogP contribution in [0.2, 0.25) is 0 Å². The SMILES string of the molecule is Cn1cc(C(=O)CCCCCc2ccccc2)cc1/C=C/C(=O)NO. The lowest BCUT2D eigenvalue weighted by atomic mass is 10.0. The molecule has 132 valence electrons. The van der Waals surface area contributed by atoms with E-state index in [2.05, 4.69) is 12.1 Å². The van der Waals surface area contributed by atoms with Crippen LogP contribution in [0.5, 0.6) is 0 Å². The molecule has 2 rings (SSSR count). The van der Waals surface area contributed by atoms with Gasteiger partial charge in [0, 0.05) is 37.0 Å². The number of hydroxylamine groups is 1. The third-order valence-corrected chi connectivity index (χ3v) is 4.09. The molecule has 0 unspecified atom stereocenters. The van der Waals surface area contributed by atoms with Crippen LogP contribution in [0.15, 0.2) is 48.7 Å². The molecule has 0 aliphatic carbocycles. The first-order valence-electron chi connectivity index (χ1n) is 8.46. The number of aryl methyl sites for hydroxylation is 2. The Kier molecular flexibility index (Phi) is 7.16. The molecule has 0 atom stereocenters. The summed E-state index contributed by atoms with van der Waals surface area (Å²) in [6.07, 6.45) is 9.09. The number of unbranched alkanes of at least 4 members (excludes halogenated alkanes) is 2. The summed E-state index contributed by atoms with van der Waals surface area (Å²) in [5.74, 6) is -0.492. The molecular weight excluding hydrogens is 316 g/mol. The molecule has 1 heterocycles. The maximum Gasteiger partial charge on any atom is 0.267 e. The van der Waals surface area contributed by atoms with Gasteiger partial charge in [0.15, 0.2) is 5.78 Å². The molecule has 5 nitrogen and oxygen atoms in total. The Morgan fingerprint density at radius 3 is 2.64 bits per heavy atom. The van der Waals surface area contributed by atoms with E-state index in [1.165, 1.54) is 17.1 Å². The van der Waals surface area contributed by atoms with Gasteiger partial charge in [-0.3, -0.25) is 14.8 Å². The van der Waals surface area contributed by atoms with Crippen LogP contribution >= 0.6 is 0 Å². The van der Waals surface area contributed by atoms with E-state index in [1.54, 1.807) is 22.9 Å². The summed E-state index contributed by atoms with van der Waals surface area (Å²) >= 11 is 0. The molecule has 0 saturated carbocycles. The summed E-state index contributed by atoms with van der Waals surface area (Å²) in [5, 5.41) is 8.48. The Labute approximate surface area is 147 Å². The molecule has 0 bridgehead atoms. The fourth-order valence-electron chi connectivity index (χ4n) is 2.68. The van der Waals surface area contributed by atoms with E-state index in [4.69, 9.17) is 5.21 Å². The van der Waals surface area contributed by atoms with Crippen LogP contribution in [0.25, 0.3) is 6.08 Å². The van der Waals surface area contributed by atoms with Crippen LogP contribution in [-0.4, -0.2) is 21.5 Å². The van der Waals surface area contributed by atoms with Crippen molar-refractivity contribution in [2.24, 2.45) is 7.05 Å². The fourth-order valence-corrected chi connectivity index (χ4v) is 2.68. The molecular formula is C20H24N2O3. The molecule has 0 fully saturated rings. The number of rotatable bonds is 9. The van der Waals surface area contributed by atoms with Crippen molar-refractivity contribution >= 4 is 17.8 Å². The molecule has 2 N–H and O–H groups in total. The summed E-state index contributed by atoms with van der Waals surface area (Å²) in [6, 6.07) is 12.1. The van der Waals surface area contributed by atoms with Gasteiger partial charge in [-0.2, -0.15) is 0 Å². The maximum absolute atomic E-state index is 12.3. The van der Waals surface area contributed by atoms with Crippen molar-refractivity contribution in [2.45, 2.75) is 32.1 Å². The number of carbonyl (C=O) groups excluding carboxylic acids is 2. The quantitative estimate of drug-likeness (QED) is 0.241. The van der Waals surface area contributed by atoms with Gasteiger partial charge in [0.2, 0.25) is 0 Å². The van der Waals surface area contributed by atoms with Gasteiger partial charge in [-0.25, -0.2) is 5.48 Å². The molecule has 1 aromatic heterocycles. The third kappa shape index (κ3) is 6.04. The Morgan fingerprint density at radius 2 is 1.92 bits per heavy atom. The van der Waals surface area contributed by atoms with Crippen molar-refractivity contribution in [3.63, 3.8) is 0 Å². The largest absolute Gasteiger partial charge is 0.350 e. The number of hydrogen-bond donors (Lipinski definition) is 2. The van der Waals surface area contributed by atoms with E-state index in [0.29, 0.717) is 12.0 Å². The van der Waals surface area contributed by atoms with Gasteiger partial charge in [-0.05, 0) is 37.0 Å². The molecule has 0 aliphatic rings. The Hall–Kier alpha value is -2.66. The molecule has 0 spiro atoms. The van der Waals surface area contributed by atoms with Crippen molar-refractivity contribution in [1.29, 1.82) is 0 Å². The summed E-state index contributed by atoms with van der Waals surface area (Å²) in [5.41, 5.74) is 4.25. The third-order valence-electron chi connectivity index (χ3n) is 4.09. The highest BCUT2D eigenvalue weighted by Gasteiger charge is 2.09. The summed E-state index contributed by atoms with van der Waals surface area (Å²) in [6.45, 7) is 0. The molecule has 0 saturated heterocycles. The number of Topliss-reactive ketones (excluding diaryl/α,β-unsaturated/α-hetero) is 1. The molecule has 25 heavy (non-hydrogen) atoms. The van der Waals surface area contributed by atoms with Gasteiger partial charge >= 0.3 is 0 Å². The lowest BCUT2D eigenvalue weighted by Gasteiger charge is -2.01. The Bertz CT molecular complexity index is 733. The van der Waals surface area contributed by atoms with Gasteiger partial charge in [0.1, 0.15) is 0 Å². The second-order valence-electron chi connectivity index (χ2n) is 6.04.